The van der Waals surface area contributed by atoms with Gasteiger partial charge in [0.05, 0.1) is 12.5 Å². The van der Waals surface area contributed by atoms with Crippen molar-refractivity contribution in [3.05, 3.63) is 0 Å². The summed E-state index contributed by atoms with van der Waals surface area (Å²) >= 11 is 0. The van der Waals surface area contributed by atoms with Crippen molar-refractivity contribution in [1.82, 2.24) is 4.90 Å². The average molecular weight is 253 g/mol. The summed E-state index contributed by atoms with van der Waals surface area (Å²) in [7, 11) is 1.49. The van der Waals surface area contributed by atoms with Gasteiger partial charge in [-0.25, -0.2) is 0 Å². The van der Waals surface area contributed by atoms with Crippen LogP contribution in [0.25, 0.3) is 0 Å². The molecule has 0 unspecified atom stereocenters. The first-order valence-corrected chi connectivity index (χ1v) is 7.37. The summed E-state index contributed by atoms with van der Waals surface area (Å²) in [4.78, 5) is 14.4. The minimum absolute atomic E-state index is 0.0829. The Morgan fingerprint density at radius 1 is 1.22 bits per heavy atom. The molecule has 3 nitrogen and oxygen atoms in total. The maximum absolute atomic E-state index is 11.8. The van der Waals surface area contributed by atoms with Gasteiger partial charge in [-0.15, -0.1) is 0 Å². The highest BCUT2D eigenvalue weighted by Crippen LogP contribution is 2.36. The Bertz CT molecular complexity index is 299. The van der Waals surface area contributed by atoms with Crippen molar-refractivity contribution >= 4 is 5.97 Å². The van der Waals surface area contributed by atoms with Crippen molar-refractivity contribution in [3.8, 4) is 0 Å². The van der Waals surface area contributed by atoms with E-state index in [1.807, 2.05) is 13.8 Å². The molecule has 104 valence electrons. The predicted molar refractivity (Wildman–Crippen MR) is 72.4 cm³/mol. The lowest BCUT2D eigenvalue weighted by Gasteiger charge is -2.46. The van der Waals surface area contributed by atoms with Crippen LogP contribution in [0.2, 0.25) is 0 Å². The van der Waals surface area contributed by atoms with E-state index in [0.717, 1.165) is 25.0 Å². The molecule has 2 atom stereocenters. The number of nitrogens with zero attached hydrogens (tertiary/aromatic N) is 1. The molecule has 0 aromatic rings. The standard InChI is InChI=1S/C15H27NO2/c1-15(2,14(17)18-3)11-16-10-6-8-12-7-4-5-9-13(12)16/h12-13H,4-11H2,1-3H3/t12-,13-/m1/s1. The fourth-order valence-corrected chi connectivity index (χ4v) is 3.77. The van der Waals surface area contributed by atoms with Gasteiger partial charge in [0, 0.05) is 12.6 Å². The molecule has 1 aliphatic heterocycles. The molecule has 1 heterocycles. The number of carbonyl (C=O) groups excluding carboxylic acids is 1. The van der Waals surface area contributed by atoms with Gasteiger partial charge in [0.15, 0.2) is 0 Å². The number of piperidine rings is 1. The summed E-state index contributed by atoms with van der Waals surface area (Å²) in [6, 6.07) is 0.719. The molecule has 18 heavy (non-hydrogen) atoms. The van der Waals surface area contributed by atoms with Gasteiger partial charge in [-0.3, -0.25) is 9.69 Å². The zero-order valence-electron chi connectivity index (χ0n) is 12.1. The number of hydrogen-bond acceptors (Lipinski definition) is 3. The first kappa shape index (κ1) is 13.9. The number of ether oxygens (including phenoxy) is 1. The quantitative estimate of drug-likeness (QED) is 0.724. The second-order valence-corrected chi connectivity index (χ2v) is 6.60. The van der Waals surface area contributed by atoms with Crippen molar-refractivity contribution in [1.29, 1.82) is 0 Å². The lowest BCUT2D eigenvalue weighted by molar-refractivity contribution is -0.152. The summed E-state index contributed by atoms with van der Waals surface area (Å²) in [6.45, 7) is 6.01. The lowest BCUT2D eigenvalue weighted by Crippen LogP contribution is -2.51. The molecule has 1 saturated carbocycles. The zero-order chi connectivity index (χ0) is 13.2. The van der Waals surface area contributed by atoms with Gasteiger partial charge in [-0.2, -0.15) is 0 Å². The predicted octanol–water partition coefficient (Wildman–Crippen LogP) is 2.84. The van der Waals surface area contributed by atoms with Crippen molar-refractivity contribution < 1.29 is 9.53 Å². The topological polar surface area (TPSA) is 29.5 Å². The smallest absolute Gasteiger partial charge is 0.312 e. The fourth-order valence-electron chi connectivity index (χ4n) is 3.77. The van der Waals surface area contributed by atoms with Gasteiger partial charge in [0.1, 0.15) is 0 Å². The molecule has 0 bridgehead atoms. The van der Waals surface area contributed by atoms with E-state index in [-0.39, 0.29) is 11.4 Å². The molecule has 0 spiro atoms. The van der Waals surface area contributed by atoms with E-state index in [9.17, 15) is 4.79 Å². The molecule has 2 aliphatic rings. The molecule has 0 radical (unpaired) electrons. The molecule has 2 fully saturated rings. The van der Waals surface area contributed by atoms with Crippen LogP contribution in [0.5, 0.6) is 0 Å². The van der Waals surface area contributed by atoms with Crippen molar-refractivity contribution in [2.75, 3.05) is 20.2 Å². The molecule has 1 saturated heterocycles. The van der Waals surface area contributed by atoms with Gasteiger partial charge >= 0.3 is 5.97 Å². The van der Waals surface area contributed by atoms with Crippen LogP contribution in [0, 0.1) is 11.3 Å². The van der Waals surface area contributed by atoms with E-state index < -0.39 is 0 Å². The lowest BCUT2D eigenvalue weighted by atomic mass is 9.77. The van der Waals surface area contributed by atoms with Crippen molar-refractivity contribution in [3.63, 3.8) is 0 Å². The van der Waals surface area contributed by atoms with Crippen LogP contribution in [0.3, 0.4) is 0 Å². The number of hydrogen-bond donors (Lipinski definition) is 0. The molecule has 2 rings (SSSR count). The summed E-state index contributed by atoms with van der Waals surface area (Å²) in [5.74, 6) is 0.793. The second-order valence-electron chi connectivity index (χ2n) is 6.60. The largest absolute Gasteiger partial charge is 0.469 e. The number of rotatable bonds is 3. The molecule has 0 amide bonds. The van der Waals surface area contributed by atoms with Gasteiger partial charge in [-0.05, 0) is 52.0 Å². The third-order valence-electron chi connectivity index (χ3n) is 4.69. The summed E-state index contributed by atoms with van der Waals surface area (Å²) < 4.78 is 4.93. The Morgan fingerprint density at radius 2 is 1.89 bits per heavy atom. The maximum atomic E-state index is 11.8. The first-order chi connectivity index (χ1) is 8.54. The summed E-state index contributed by atoms with van der Waals surface area (Å²) in [6.07, 6.45) is 8.14. The highest BCUT2D eigenvalue weighted by atomic mass is 16.5. The zero-order valence-corrected chi connectivity index (χ0v) is 12.1. The Kier molecular flexibility index (Phi) is 4.31. The summed E-state index contributed by atoms with van der Waals surface area (Å²) in [5, 5.41) is 0. The Hall–Kier alpha value is -0.570. The Morgan fingerprint density at radius 3 is 2.61 bits per heavy atom. The van der Waals surface area contributed by atoms with Crippen LogP contribution < -0.4 is 0 Å². The van der Waals surface area contributed by atoms with Crippen LogP contribution in [0.1, 0.15) is 52.4 Å². The van der Waals surface area contributed by atoms with E-state index in [0.29, 0.717) is 0 Å². The minimum Gasteiger partial charge on any atom is -0.469 e. The number of esters is 1. The third-order valence-corrected chi connectivity index (χ3v) is 4.69. The molecule has 3 heteroatoms. The number of carbonyl (C=O) groups is 1. The van der Waals surface area contributed by atoms with E-state index >= 15 is 0 Å². The van der Waals surface area contributed by atoms with Crippen LogP contribution >= 0.6 is 0 Å². The van der Waals surface area contributed by atoms with E-state index in [1.54, 1.807) is 0 Å². The van der Waals surface area contributed by atoms with E-state index in [4.69, 9.17) is 4.74 Å². The highest BCUT2D eigenvalue weighted by molar-refractivity contribution is 5.76. The third kappa shape index (κ3) is 2.87. The monoisotopic (exact) mass is 253 g/mol. The average Bonchev–Trinajstić information content (AvgIpc) is 2.38. The Labute approximate surface area is 111 Å². The molecule has 1 aliphatic carbocycles. The Balaban J connectivity index is 2.01. The van der Waals surface area contributed by atoms with Crippen molar-refractivity contribution in [2.24, 2.45) is 11.3 Å². The van der Waals surface area contributed by atoms with Gasteiger partial charge < -0.3 is 4.74 Å². The molecule has 0 N–H and O–H groups in total. The van der Waals surface area contributed by atoms with Gasteiger partial charge in [0.25, 0.3) is 0 Å². The minimum atomic E-state index is -0.381. The fraction of sp³-hybridized carbons (Fsp3) is 0.933. The maximum Gasteiger partial charge on any atom is 0.312 e. The normalized spacial score (nSPS) is 29.7. The number of likely N-dealkylation sites (tertiary alicyclic amines) is 1. The van der Waals surface area contributed by atoms with E-state index in [2.05, 4.69) is 4.90 Å². The number of fused-ring (bicyclic) bond motifs is 1. The summed E-state index contributed by atoms with van der Waals surface area (Å²) in [5.41, 5.74) is -0.381. The van der Waals surface area contributed by atoms with Crippen LogP contribution in [0.15, 0.2) is 0 Å². The molecule has 0 aromatic carbocycles. The molecular formula is C15H27NO2. The van der Waals surface area contributed by atoms with Crippen molar-refractivity contribution in [2.45, 2.75) is 58.4 Å². The number of methoxy groups -OCH3 is 1. The molecule has 0 aromatic heterocycles. The second kappa shape index (κ2) is 5.60. The first-order valence-electron chi connectivity index (χ1n) is 7.37. The van der Waals surface area contributed by atoms with Crippen LogP contribution in [0.4, 0.5) is 0 Å². The van der Waals surface area contributed by atoms with Crippen LogP contribution in [-0.2, 0) is 9.53 Å². The van der Waals surface area contributed by atoms with Gasteiger partial charge in [-0.1, -0.05) is 12.8 Å². The highest BCUT2D eigenvalue weighted by Gasteiger charge is 2.38. The van der Waals surface area contributed by atoms with E-state index in [1.165, 1.54) is 45.6 Å². The van der Waals surface area contributed by atoms with Gasteiger partial charge in [0.2, 0.25) is 0 Å². The van der Waals surface area contributed by atoms with Crippen LogP contribution in [-0.4, -0.2) is 37.1 Å². The SMILES string of the molecule is COC(=O)C(C)(C)CN1CCC[C@H]2CCCC[C@H]21. The molecular weight excluding hydrogens is 226 g/mol.